The fourth-order valence-corrected chi connectivity index (χ4v) is 2.55. The van der Waals surface area contributed by atoms with Gasteiger partial charge in [-0.25, -0.2) is 0 Å². The average Bonchev–Trinajstić information content (AvgIpc) is 2.99. The molecule has 1 amide bonds. The van der Waals surface area contributed by atoms with Crippen LogP contribution in [0.25, 0.3) is 0 Å². The number of hydrogen-bond donors (Lipinski definition) is 1. The Morgan fingerprint density at radius 2 is 2.21 bits per heavy atom. The molecular formula is C15H22N2O2. The summed E-state index contributed by atoms with van der Waals surface area (Å²) >= 11 is 0. The molecule has 0 aromatic heterocycles. The molecule has 4 nitrogen and oxygen atoms in total. The molecule has 0 aliphatic carbocycles. The van der Waals surface area contributed by atoms with Gasteiger partial charge in [0, 0.05) is 12.6 Å². The maximum Gasteiger partial charge on any atom is 0.239 e. The van der Waals surface area contributed by atoms with E-state index in [1.165, 1.54) is 0 Å². The zero-order valence-corrected chi connectivity index (χ0v) is 11.8. The molecule has 2 rings (SSSR count). The third kappa shape index (κ3) is 2.89. The fraction of sp³-hybridized carbons (Fsp3) is 0.533. The van der Waals surface area contributed by atoms with Gasteiger partial charge in [-0.05, 0) is 32.4 Å². The summed E-state index contributed by atoms with van der Waals surface area (Å²) in [5.41, 5.74) is 1.04. The highest BCUT2D eigenvalue weighted by Crippen LogP contribution is 2.28. The first-order chi connectivity index (χ1) is 9.15. The van der Waals surface area contributed by atoms with Crippen LogP contribution in [-0.2, 0) is 4.79 Å². The van der Waals surface area contributed by atoms with E-state index < -0.39 is 0 Å². The van der Waals surface area contributed by atoms with Crippen LogP contribution >= 0.6 is 0 Å². The molecular weight excluding hydrogens is 240 g/mol. The molecule has 1 aliphatic heterocycles. The third-order valence-electron chi connectivity index (χ3n) is 3.88. The Kier molecular flexibility index (Phi) is 4.43. The van der Waals surface area contributed by atoms with Crippen molar-refractivity contribution in [2.24, 2.45) is 0 Å². The van der Waals surface area contributed by atoms with Crippen molar-refractivity contribution in [3.8, 4) is 5.75 Å². The Bertz CT molecular complexity index is 442. The number of carbonyl (C=O) groups excluding carboxylic acids is 1. The van der Waals surface area contributed by atoms with E-state index in [0.29, 0.717) is 0 Å². The molecule has 104 valence electrons. The fourth-order valence-electron chi connectivity index (χ4n) is 2.55. The lowest BCUT2D eigenvalue weighted by Crippen LogP contribution is -2.42. The summed E-state index contributed by atoms with van der Waals surface area (Å²) in [6.07, 6.45) is 2.01. The van der Waals surface area contributed by atoms with E-state index in [4.69, 9.17) is 4.74 Å². The van der Waals surface area contributed by atoms with Gasteiger partial charge < -0.3 is 15.0 Å². The Morgan fingerprint density at radius 3 is 2.84 bits per heavy atom. The lowest BCUT2D eigenvalue weighted by molar-refractivity contribution is -0.133. The minimum absolute atomic E-state index is 0.00560. The quantitative estimate of drug-likeness (QED) is 0.902. The number of nitrogens with zero attached hydrogens (tertiary/aromatic N) is 1. The second-order valence-corrected chi connectivity index (χ2v) is 5.02. The smallest absolute Gasteiger partial charge is 0.239 e. The van der Waals surface area contributed by atoms with Gasteiger partial charge in [0.2, 0.25) is 5.91 Å². The second-order valence-electron chi connectivity index (χ2n) is 5.02. The Hall–Kier alpha value is -1.55. The number of hydrogen-bond acceptors (Lipinski definition) is 3. The van der Waals surface area contributed by atoms with Gasteiger partial charge in [-0.1, -0.05) is 18.2 Å². The number of rotatable bonds is 4. The lowest BCUT2D eigenvalue weighted by atomic mass is 10.0. The number of carbonyl (C=O) groups is 1. The molecule has 1 unspecified atom stereocenters. The average molecular weight is 262 g/mol. The van der Waals surface area contributed by atoms with Gasteiger partial charge in [0.05, 0.1) is 19.2 Å². The predicted octanol–water partition coefficient (Wildman–Crippen LogP) is 1.97. The normalized spacial score (nSPS) is 20.1. The molecule has 1 heterocycles. The molecule has 19 heavy (non-hydrogen) atoms. The van der Waals surface area contributed by atoms with Crippen molar-refractivity contribution in [1.82, 2.24) is 10.2 Å². The third-order valence-corrected chi connectivity index (χ3v) is 3.88. The van der Waals surface area contributed by atoms with E-state index in [1.54, 1.807) is 12.0 Å². The van der Waals surface area contributed by atoms with Gasteiger partial charge in [-0.2, -0.15) is 0 Å². The maximum atomic E-state index is 12.4. The molecule has 1 aliphatic rings. The molecule has 1 N–H and O–H groups in total. The van der Waals surface area contributed by atoms with Gasteiger partial charge in [-0.15, -0.1) is 0 Å². The molecule has 0 spiro atoms. The van der Waals surface area contributed by atoms with Crippen molar-refractivity contribution >= 4 is 5.91 Å². The Balaban J connectivity index is 2.13. The van der Waals surface area contributed by atoms with Gasteiger partial charge in [0.1, 0.15) is 5.75 Å². The van der Waals surface area contributed by atoms with E-state index in [1.807, 2.05) is 38.2 Å². The van der Waals surface area contributed by atoms with Crippen LogP contribution in [0.15, 0.2) is 24.3 Å². The zero-order valence-electron chi connectivity index (χ0n) is 11.8. The maximum absolute atomic E-state index is 12.4. The van der Waals surface area contributed by atoms with Gasteiger partial charge in [0.25, 0.3) is 0 Å². The van der Waals surface area contributed by atoms with Crippen LogP contribution in [0.4, 0.5) is 0 Å². The summed E-state index contributed by atoms with van der Waals surface area (Å²) in [6, 6.07) is 7.83. The van der Waals surface area contributed by atoms with Crippen LogP contribution in [0.3, 0.4) is 0 Å². The molecule has 0 radical (unpaired) electrons. The first-order valence-corrected chi connectivity index (χ1v) is 6.78. The van der Waals surface area contributed by atoms with Gasteiger partial charge in [-0.3, -0.25) is 4.79 Å². The molecule has 0 saturated carbocycles. The SMILES string of the molecule is COc1ccccc1C(C)N(C)C(=O)[C@H]1CCCN1. The van der Waals surface area contributed by atoms with Crippen LogP contribution in [-0.4, -0.2) is 37.6 Å². The number of likely N-dealkylation sites (N-methyl/N-ethyl adjacent to an activating group) is 1. The number of ether oxygens (including phenoxy) is 1. The molecule has 4 heteroatoms. The first-order valence-electron chi connectivity index (χ1n) is 6.78. The topological polar surface area (TPSA) is 41.6 Å². The van der Waals surface area contributed by atoms with Gasteiger partial charge >= 0.3 is 0 Å². The highest BCUT2D eigenvalue weighted by Gasteiger charge is 2.28. The van der Waals surface area contributed by atoms with Crippen molar-refractivity contribution in [3.05, 3.63) is 29.8 Å². The largest absolute Gasteiger partial charge is 0.496 e. The monoisotopic (exact) mass is 262 g/mol. The number of methoxy groups -OCH3 is 1. The van der Waals surface area contributed by atoms with Crippen molar-refractivity contribution in [2.75, 3.05) is 20.7 Å². The molecule has 1 aromatic rings. The summed E-state index contributed by atoms with van der Waals surface area (Å²) < 4.78 is 5.37. The summed E-state index contributed by atoms with van der Waals surface area (Å²) in [7, 11) is 3.52. The second kappa shape index (κ2) is 6.06. The Morgan fingerprint density at radius 1 is 1.47 bits per heavy atom. The zero-order chi connectivity index (χ0) is 13.8. The molecule has 1 aromatic carbocycles. The van der Waals surface area contributed by atoms with Crippen LogP contribution in [0.5, 0.6) is 5.75 Å². The summed E-state index contributed by atoms with van der Waals surface area (Å²) in [5, 5.41) is 3.25. The summed E-state index contributed by atoms with van der Waals surface area (Å²) in [6.45, 7) is 2.97. The number of amides is 1. The van der Waals surface area contributed by atoms with Gasteiger partial charge in [0.15, 0.2) is 0 Å². The van der Waals surface area contributed by atoms with E-state index in [-0.39, 0.29) is 18.0 Å². The lowest BCUT2D eigenvalue weighted by Gasteiger charge is -2.28. The molecule has 2 atom stereocenters. The van der Waals surface area contributed by atoms with Crippen molar-refractivity contribution in [2.45, 2.75) is 31.8 Å². The number of para-hydroxylation sites is 1. The Labute approximate surface area is 114 Å². The highest BCUT2D eigenvalue weighted by atomic mass is 16.5. The van der Waals surface area contributed by atoms with E-state index in [2.05, 4.69) is 5.32 Å². The van der Waals surface area contributed by atoms with Crippen LogP contribution < -0.4 is 10.1 Å². The minimum Gasteiger partial charge on any atom is -0.496 e. The number of nitrogens with one attached hydrogen (secondary N) is 1. The van der Waals surface area contributed by atoms with Crippen LogP contribution in [0, 0.1) is 0 Å². The predicted molar refractivity (Wildman–Crippen MR) is 75.2 cm³/mol. The van der Waals surface area contributed by atoms with Crippen molar-refractivity contribution in [3.63, 3.8) is 0 Å². The van der Waals surface area contributed by atoms with Crippen molar-refractivity contribution < 1.29 is 9.53 Å². The van der Waals surface area contributed by atoms with E-state index >= 15 is 0 Å². The molecule has 1 fully saturated rings. The van der Waals surface area contributed by atoms with E-state index in [0.717, 1.165) is 30.7 Å². The summed E-state index contributed by atoms with van der Waals surface area (Å²) in [4.78, 5) is 14.2. The first kappa shape index (κ1) is 13.9. The molecule has 1 saturated heterocycles. The minimum atomic E-state index is -0.0258. The van der Waals surface area contributed by atoms with Crippen LogP contribution in [0.2, 0.25) is 0 Å². The molecule has 0 bridgehead atoms. The standard InChI is InChI=1S/C15H22N2O2/c1-11(12-7-4-5-9-14(12)19-3)17(2)15(18)13-8-6-10-16-13/h4-5,7,9,11,13,16H,6,8,10H2,1-3H3/t11?,13-/m1/s1. The highest BCUT2D eigenvalue weighted by molar-refractivity contribution is 5.82. The summed E-state index contributed by atoms with van der Waals surface area (Å²) in [5.74, 6) is 0.991. The number of benzene rings is 1. The van der Waals surface area contributed by atoms with Crippen LogP contribution in [0.1, 0.15) is 31.4 Å². The van der Waals surface area contributed by atoms with E-state index in [9.17, 15) is 4.79 Å². The van der Waals surface area contributed by atoms with Crippen molar-refractivity contribution in [1.29, 1.82) is 0 Å².